The first kappa shape index (κ1) is 107. The van der Waals surface area contributed by atoms with E-state index in [2.05, 4.69) is 284 Å². The van der Waals surface area contributed by atoms with Gasteiger partial charge in [0.2, 0.25) is 27.6 Å². The van der Waals surface area contributed by atoms with Gasteiger partial charge in [-0.25, -0.2) is 41.6 Å². The Kier molecular flexibility index (Phi) is 40.1. The third kappa shape index (κ3) is 37.9. The van der Waals surface area contributed by atoms with Crippen molar-refractivity contribution < 1.29 is 48.1 Å². The minimum atomic E-state index is -1.07. The number of hydrogen-bond donors (Lipinski definition) is 7. The number of alkyl halides is 1. The molecule has 0 saturated carbocycles. The number of carboxylic acids is 1. The number of halogens is 7. The van der Waals surface area contributed by atoms with Gasteiger partial charge in [-0.1, -0.05) is 74.9 Å². The van der Waals surface area contributed by atoms with Crippen LogP contribution in [-0.2, 0) is 71.3 Å². The summed E-state index contributed by atoms with van der Waals surface area (Å²) >= 11 is 22.2. The van der Waals surface area contributed by atoms with Crippen LogP contribution in [0.5, 0.6) is 0 Å². The normalized spacial score (nSPS) is 11.4. The van der Waals surface area contributed by atoms with E-state index in [1.807, 2.05) is 133 Å². The van der Waals surface area contributed by atoms with Crippen molar-refractivity contribution in [2.45, 2.75) is 163 Å². The third-order valence-corrected chi connectivity index (χ3v) is 25.8. The number of carbonyl (C=O) groups excluding carboxylic acids is 2. The van der Waals surface area contributed by atoms with Gasteiger partial charge >= 0.3 is 23.6 Å². The summed E-state index contributed by atoms with van der Waals surface area (Å²) in [7, 11) is -3.09. The van der Waals surface area contributed by atoms with Crippen molar-refractivity contribution in [2.75, 3.05) is 52.2 Å². The smallest absolute Gasteiger partial charge is 0.328 e. The summed E-state index contributed by atoms with van der Waals surface area (Å²) in [6.07, 6.45) is 28.6. The molecule has 0 unspecified atom stereocenters. The van der Waals surface area contributed by atoms with Gasteiger partial charge < -0.3 is 55.8 Å². The number of esters is 2. The number of aromatic nitrogens is 27. The number of nitrogens with one attached hydrogen (secondary N) is 5. The first-order valence-corrected chi connectivity index (χ1v) is 58.3. The number of H-pyrrole nitrogens is 1. The number of aromatic amines is 1. The molecule has 54 heteroatoms. The number of aliphatic carboxylic acids is 1. The lowest BCUT2D eigenvalue weighted by Crippen LogP contribution is -2.26. The molecule has 0 atom stereocenters. The molecule has 16 aromatic rings. The zero-order chi connectivity index (χ0) is 97.7. The zero-order valence-electron chi connectivity index (χ0n) is 75.9. The van der Waals surface area contributed by atoms with E-state index in [9.17, 15) is 24.5 Å². The standard InChI is InChI=1S/C15H17BrN6O2.C15H21BrN6OSi.C11H9BrN6O2.C9H7BrN6.C9H17N3O3Si.C9H19N3OSi.C6H3BrIN3.C6H11BrO2/c1-15(2,3)24-12(23)9-21-8-10(7-17-21)18-14-19-13-11(16)5-4-6-22(13)20-14;1-24(2,3)8-7-23-11-21-10-12(9-17-21)18-15-19-14-13(16)5-4-6-22(14)20-15;12-8-2-1-3-18-10(8)15-11(16-18)14-7-4-13-17(5-7)6-9(19)20;10-7-2-1-3-16-8(7)14-9(15-16)13-6-4-11-12-5-6;1-16(2,3)5-4-15-8-11-7-9(6-10-11)12(13)14;1-14(2,3)5-4-13-8-12-7-9(10)6-11-12;7-4-2-1-3-11-5(4)9-6(8)10-11;1-6(2,3)9-5(8)4-7/h4-8H,9H2,1-3H3,(H,18,20);4-6,9-10H,7-8,11H2,1-3H3,(H,18,20);1-5H,6H2,(H,14,16)(H,19,20);1-5H,(H,11,12)(H,13,15);6-7H,4-5,8H2,1-3H3;6-7H,4-5,8,10H2,1-3H3;1-3H;4H2,1-3H3. The Morgan fingerprint density at radius 1 is 0.463 bits per heavy atom. The Morgan fingerprint density at radius 3 is 1.10 bits per heavy atom. The van der Waals surface area contributed by atoms with Crippen molar-refractivity contribution in [3.63, 3.8) is 0 Å². The predicted octanol–water partition coefficient (Wildman–Crippen LogP) is 17.7. The number of nitrogens with zero attached hydrogens (tertiary/aromatic N) is 27. The molecule has 0 bridgehead atoms. The molecule has 44 nitrogen and oxygen atoms in total. The van der Waals surface area contributed by atoms with E-state index >= 15 is 0 Å². The summed E-state index contributed by atoms with van der Waals surface area (Å²) in [5.41, 5.74) is 12.1. The molecule has 0 spiro atoms. The maximum Gasteiger partial charge on any atom is 0.328 e. The molecule has 0 radical (unpaired) electrons. The van der Waals surface area contributed by atoms with Crippen LogP contribution in [0.15, 0.2) is 188 Å². The average molecular weight is 2390 g/mol. The lowest BCUT2D eigenvalue weighted by atomic mass is 10.2. The highest BCUT2D eigenvalue weighted by atomic mass is 127. The van der Waals surface area contributed by atoms with Crippen LogP contribution in [0.25, 0.3) is 28.2 Å². The second kappa shape index (κ2) is 50.2. The second-order valence-electron chi connectivity index (χ2n) is 34.4. The molecule has 0 aromatic carbocycles. The molecule has 0 aliphatic heterocycles. The minimum absolute atomic E-state index is 0.00574. The van der Waals surface area contributed by atoms with Crippen molar-refractivity contribution >= 4 is 246 Å². The molecule has 0 saturated heterocycles. The summed E-state index contributed by atoms with van der Waals surface area (Å²) in [4.78, 5) is 64.6. The summed E-state index contributed by atoms with van der Waals surface area (Å²) in [6.45, 7) is 35.2. The number of pyridine rings is 5. The Hall–Kier alpha value is -10.7. The van der Waals surface area contributed by atoms with E-state index in [0.717, 1.165) is 79.8 Å². The molecule has 0 amide bonds. The Balaban J connectivity index is 0.000000175. The second-order valence-corrected chi connectivity index (χ2v) is 57.1. The number of carboxylic acid groups (broad SMARTS) is 1. The van der Waals surface area contributed by atoms with Gasteiger partial charge in [0.05, 0.1) is 99.1 Å². The van der Waals surface area contributed by atoms with E-state index in [1.165, 1.54) is 38.7 Å². The quantitative estimate of drug-likeness (QED) is 0.00435. The highest BCUT2D eigenvalue weighted by Gasteiger charge is 2.21. The molecule has 134 heavy (non-hydrogen) atoms. The number of nitrogen functional groups attached to an aromatic ring is 1. The largest absolute Gasteiger partial charge is 0.480 e. The molecule has 0 fully saturated rings. The van der Waals surface area contributed by atoms with Gasteiger partial charge in [0.25, 0.3) is 0 Å². The number of nitrogens with two attached hydrogens (primary N) is 1. The fraction of sp³-hybridized carbons (Fsp3) is 0.362. The van der Waals surface area contributed by atoms with Crippen molar-refractivity contribution in [2.24, 2.45) is 0 Å². The van der Waals surface area contributed by atoms with Crippen LogP contribution in [0.4, 0.5) is 57.9 Å². The highest BCUT2D eigenvalue weighted by Crippen LogP contribution is 2.26. The fourth-order valence-electron chi connectivity index (χ4n) is 10.5. The van der Waals surface area contributed by atoms with Gasteiger partial charge in [0.1, 0.15) is 62.2 Å². The maximum absolute atomic E-state index is 11.8. The maximum atomic E-state index is 11.8. The van der Waals surface area contributed by atoms with Crippen LogP contribution < -0.4 is 27.0 Å². The van der Waals surface area contributed by atoms with Crippen LogP contribution in [0, 0.1) is 13.9 Å². The summed E-state index contributed by atoms with van der Waals surface area (Å²) in [5, 5.41) is 79.7. The molecular weight excluding hydrogens is 2290 g/mol. The van der Waals surface area contributed by atoms with E-state index in [0.29, 0.717) is 72.2 Å². The van der Waals surface area contributed by atoms with Crippen LogP contribution in [0.3, 0.4) is 0 Å². The van der Waals surface area contributed by atoms with E-state index in [4.69, 9.17) is 34.5 Å². The first-order chi connectivity index (χ1) is 63.2. The minimum Gasteiger partial charge on any atom is -0.480 e. The molecule has 16 rings (SSSR count). The topological polar surface area (TPSA) is 504 Å². The number of carbonyl (C=O) groups is 3. The van der Waals surface area contributed by atoms with Crippen LogP contribution >= 0.6 is 118 Å². The number of ether oxygens (including phenoxy) is 5. The zero-order valence-corrected chi connectivity index (χ0v) is 90.6. The number of nitro groups is 1. The van der Waals surface area contributed by atoms with E-state index in [1.54, 1.807) is 87.7 Å². The van der Waals surface area contributed by atoms with E-state index < -0.39 is 40.7 Å². The number of hydrogen-bond acceptors (Lipinski definition) is 31. The number of rotatable bonds is 29. The monoisotopic (exact) mass is 2390 g/mol. The molecule has 716 valence electrons. The molecule has 0 aliphatic carbocycles. The lowest BCUT2D eigenvalue weighted by Gasteiger charge is -2.19. The van der Waals surface area contributed by atoms with Gasteiger partial charge in [-0.05, 0) is 200 Å². The Morgan fingerprint density at radius 2 is 0.791 bits per heavy atom. The Bertz CT molecular complexity index is 6440. The molecule has 8 N–H and O–H groups in total. The molecule has 0 aliphatic rings. The van der Waals surface area contributed by atoms with Gasteiger partial charge in [0, 0.05) is 116 Å². The fourth-order valence-corrected chi connectivity index (χ4v) is 15.5. The summed E-state index contributed by atoms with van der Waals surface area (Å²) in [5.74, 6) is 0.406. The van der Waals surface area contributed by atoms with Gasteiger partial charge in [-0.2, -0.15) is 50.5 Å². The molecule has 16 aromatic heterocycles. The molecular formula is C80H104Br6IN33O11Si3. The average Bonchev–Trinajstić information content (AvgIpc) is 1.66. The van der Waals surface area contributed by atoms with Gasteiger partial charge in [-0.15, -0.1) is 25.5 Å². The SMILES string of the molecule is Brc1cccn2nc(I)nc12.Brc1cccn2nc(Nc3cn[nH]c3)nc12.CC(C)(C)OC(=O)CBr.CC(C)(C)OC(=O)Cn1cc(Nc2nc3c(Br)cccn3n2)cn1.C[Si](C)(C)CCOCn1cc(N)cn1.C[Si](C)(C)CCOCn1cc(Nc2nc3c(Br)cccn3n2)cn1.C[Si](C)(C)CCOCn1cc([N+](=O)[O-])cn1.O=C(O)Cn1cc(Nc2nc3c(Br)cccn3n2)cn1. The van der Waals surface area contributed by atoms with E-state index in [-0.39, 0.29) is 48.4 Å². The van der Waals surface area contributed by atoms with Crippen LogP contribution in [0.1, 0.15) is 41.5 Å². The summed E-state index contributed by atoms with van der Waals surface area (Å²) in [6, 6.07) is 22.4. The van der Waals surface area contributed by atoms with Crippen LogP contribution in [-0.4, -0.2) is 221 Å². The van der Waals surface area contributed by atoms with Gasteiger partial charge in [-0.3, -0.25) is 39.0 Å². The van der Waals surface area contributed by atoms with Crippen molar-refractivity contribution in [3.8, 4) is 0 Å². The third-order valence-electron chi connectivity index (χ3n) is 16.7. The number of fused-ring (bicyclic) bond motifs is 5. The van der Waals surface area contributed by atoms with Crippen molar-refractivity contribution in [1.29, 1.82) is 0 Å². The van der Waals surface area contributed by atoms with Crippen molar-refractivity contribution in [1.82, 2.24) is 132 Å². The Labute approximate surface area is 836 Å². The summed E-state index contributed by atoms with van der Waals surface area (Å²) < 4.78 is 48.1. The van der Waals surface area contributed by atoms with Crippen molar-refractivity contribution in [3.05, 3.63) is 202 Å². The van der Waals surface area contributed by atoms with Crippen LogP contribution in [0.2, 0.25) is 77.1 Å². The predicted molar refractivity (Wildman–Crippen MR) is 546 cm³/mol. The number of anilines is 9. The molecule has 16 heterocycles. The lowest BCUT2D eigenvalue weighted by molar-refractivity contribution is -0.385. The first-order valence-electron chi connectivity index (χ1n) is 41.0. The van der Waals surface area contributed by atoms with Gasteiger partial charge in [0.15, 0.2) is 28.2 Å². The highest BCUT2D eigenvalue weighted by molar-refractivity contribution is 14.1.